The number of nitrogens with zero attached hydrogens (tertiary/aromatic N) is 1. The average Bonchev–Trinajstić information content (AvgIpc) is 2.17. The van der Waals surface area contributed by atoms with Gasteiger partial charge in [-0.25, -0.2) is 0 Å². The topological polar surface area (TPSA) is 66.6 Å². The molecule has 7 heteroatoms. The Morgan fingerprint density at radius 3 is 2.31 bits per heavy atom. The fourth-order valence-corrected chi connectivity index (χ4v) is 1.75. The van der Waals surface area contributed by atoms with Crippen molar-refractivity contribution in [2.75, 3.05) is 19.6 Å². The summed E-state index contributed by atoms with van der Waals surface area (Å²) in [5.41, 5.74) is 5.10. The summed E-state index contributed by atoms with van der Waals surface area (Å²) in [6.45, 7) is 0.288. The van der Waals surface area contributed by atoms with Crippen molar-refractivity contribution < 1.29 is 23.1 Å². The number of β-amino-alcohol motifs (C(OH)–C–C–N with tert-alkyl or cyclic N) is 1. The Kier molecular flexibility index (Phi) is 4.15. The van der Waals surface area contributed by atoms with Crippen molar-refractivity contribution in [1.29, 1.82) is 0 Å². The molecule has 0 aromatic carbocycles. The van der Waals surface area contributed by atoms with Gasteiger partial charge in [-0.15, -0.1) is 0 Å². The van der Waals surface area contributed by atoms with Gasteiger partial charge in [0.2, 0.25) is 5.91 Å². The van der Waals surface area contributed by atoms with E-state index < -0.39 is 24.7 Å². The second-order valence-electron chi connectivity index (χ2n) is 4.03. The van der Waals surface area contributed by atoms with Crippen molar-refractivity contribution in [3.8, 4) is 0 Å². The van der Waals surface area contributed by atoms with Crippen LogP contribution in [0.4, 0.5) is 13.2 Å². The number of rotatable bonds is 3. The highest BCUT2D eigenvalue weighted by atomic mass is 19.4. The van der Waals surface area contributed by atoms with Crippen LogP contribution in [0.2, 0.25) is 0 Å². The monoisotopic (exact) mass is 240 g/mol. The van der Waals surface area contributed by atoms with Crippen LogP contribution < -0.4 is 5.73 Å². The number of aliphatic hydroxyl groups excluding tert-OH is 1. The second-order valence-corrected chi connectivity index (χ2v) is 4.03. The summed E-state index contributed by atoms with van der Waals surface area (Å²) in [7, 11) is 0. The first kappa shape index (κ1) is 13.2. The Hall–Kier alpha value is -0.820. The summed E-state index contributed by atoms with van der Waals surface area (Å²) in [6, 6.07) is 0. The highest BCUT2D eigenvalue weighted by molar-refractivity contribution is 5.76. The van der Waals surface area contributed by atoms with Crippen LogP contribution in [-0.2, 0) is 4.79 Å². The van der Waals surface area contributed by atoms with E-state index in [1.165, 1.54) is 4.90 Å². The highest BCUT2D eigenvalue weighted by Crippen LogP contribution is 2.23. The van der Waals surface area contributed by atoms with Crippen molar-refractivity contribution >= 4 is 5.91 Å². The van der Waals surface area contributed by atoms with Crippen LogP contribution in [0.5, 0.6) is 0 Å². The van der Waals surface area contributed by atoms with Gasteiger partial charge in [0.05, 0.1) is 0 Å². The lowest BCUT2D eigenvalue weighted by Gasteiger charge is -2.32. The van der Waals surface area contributed by atoms with Gasteiger partial charge in [-0.05, 0) is 25.9 Å². The van der Waals surface area contributed by atoms with Crippen molar-refractivity contribution in [3.05, 3.63) is 0 Å². The largest absolute Gasteiger partial charge is 0.415 e. The number of hydrogen-bond acceptors (Lipinski definition) is 3. The summed E-state index contributed by atoms with van der Waals surface area (Å²) in [5, 5.41) is 8.85. The predicted octanol–water partition coefficient (Wildman–Crippen LogP) is 0.107. The van der Waals surface area contributed by atoms with Gasteiger partial charge in [-0.3, -0.25) is 4.79 Å². The standard InChI is InChI=1S/C9H15F3N2O2/c10-9(11,12)7(15)5-14-3-1-6(2-4-14)8(13)16/h6-7,15H,1-5H2,(H2,13,16). The molecule has 0 aromatic heterocycles. The summed E-state index contributed by atoms with van der Waals surface area (Å²) < 4.78 is 36.2. The number of alkyl halides is 3. The first-order valence-corrected chi connectivity index (χ1v) is 5.07. The Labute approximate surface area is 91.2 Å². The van der Waals surface area contributed by atoms with Crippen LogP contribution in [0.1, 0.15) is 12.8 Å². The van der Waals surface area contributed by atoms with Crippen LogP contribution in [0, 0.1) is 5.92 Å². The molecule has 0 saturated carbocycles. The fraction of sp³-hybridized carbons (Fsp3) is 0.889. The molecule has 1 fully saturated rings. The number of likely N-dealkylation sites (tertiary alicyclic amines) is 1. The van der Waals surface area contributed by atoms with Gasteiger partial charge in [-0.1, -0.05) is 0 Å². The first-order chi connectivity index (χ1) is 7.30. The summed E-state index contributed by atoms with van der Waals surface area (Å²) in [6.07, 6.45) is -5.99. The molecular weight excluding hydrogens is 225 g/mol. The molecule has 4 nitrogen and oxygen atoms in total. The predicted molar refractivity (Wildman–Crippen MR) is 50.4 cm³/mol. The third-order valence-corrected chi connectivity index (χ3v) is 2.80. The number of piperidine rings is 1. The minimum atomic E-state index is -4.58. The molecule has 16 heavy (non-hydrogen) atoms. The molecule has 1 heterocycles. The first-order valence-electron chi connectivity index (χ1n) is 5.07. The van der Waals surface area contributed by atoms with Gasteiger partial charge < -0.3 is 15.7 Å². The maximum atomic E-state index is 12.1. The van der Waals surface area contributed by atoms with Gasteiger partial charge in [0.1, 0.15) is 0 Å². The van der Waals surface area contributed by atoms with Crippen LogP contribution in [0.25, 0.3) is 0 Å². The zero-order valence-corrected chi connectivity index (χ0v) is 8.70. The van der Waals surface area contributed by atoms with Gasteiger partial charge in [0.25, 0.3) is 0 Å². The van der Waals surface area contributed by atoms with Crippen molar-refractivity contribution in [3.63, 3.8) is 0 Å². The Morgan fingerprint density at radius 1 is 1.44 bits per heavy atom. The van der Waals surface area contributed by atoms with Crippen LogP contribution in [0.3, 0.4) is 0 Å². The number of nitrogens with two attached hydrogens (primary N) is 1. The molecule has 0 aliphatic carbocycles. The fourth-order valence-electron chi connectivity index (χ4n) is 1.75. The van der Waals surface area contributed by atoms with E-state index in [1.54, 1.807) is 0 Å². The van der Waals surface area contributed by atoms with Crippen molar-refractivity contribution in [2.24, 2.45) is 11.7 Å². The van der Waals surface area contributed by atoms with E-state index in [0.29, 0.717) is 25.9 Å². The number of halogens is 3. The molecule has 3 N–H and O–H groups in total. The summed E-state index contributed by atoms with van der Waals surface area (Å²) in [5.74, 6) is -0.657. The van der Waals surface area contributed by atoms with Gasteiger partial charge in [0, 0.05) is 12.5 Å². The molecule has 1 unspecified atom stereocenters. The quantitative estimate of drug-likeness (QED) is 0.735. The molecule has 0 spiro atoms. The minimum absolute atomic E-state index is 0.251. The number of primary amides is 1. The smallest absolute Gasteiger partial charge is 0.382 e. The SMILES string of the molecule is NC(=O)C1CCN(CC(O)C(F)(F)F)CC1. The number of carbonyl (C=O) groups excluding carboxylic acids is 1. The maximum absolute atomic E-state index is 12.1. The molecule has 0 bridgehead atoms. The van der Waals surface area contributed by atoms with E-state index in [4.69, 9.17) is 10.8 Å². The normalized spacial score (nSPS) is 22.0. The Balaban J connectivity index is 2.35. The molecule has 94 valence electrons. The van der Waals surface area contributed by atoms with Gasteiger partial charge in [-0.2, -0.15) is 13.2 Å². The van der Waals surface area contributed by atoms with Crippen molar-refractivity contribution in [2.45, 2.75) is 25.1 Å². The van der Waals surface area contributed by atoms with Crippen molar-refractivity contribution in [1.82, 2.24) is 4.90 Å². The van der Waals surface area contributed by atoms with Crippen LogP contribution in [0.15, 0.2) is 0 Å². The molecule has 1 aliphatic rings. The maximum Gasteiger partial charge on any atom is 0.415 e. The zero-order chi connectivity index (χ0) is 12.3. The molecular formula is C9H15F3N2O2. The third kappa shape index (κ3) is 3.64. The zero-order valence-electron chi connectivity index (χ0n) is 8.70. The Morgan fingerprint density at radius 2 is 1.94 bits per heavy atom. The van der Waals surface area contributed by atoms with E-state index in [-0.39, 0.29) is 5.92 Å². The molecule has 0 radical (unpaired) electrons. The van der Waals surface area contributed by atoms with Gasteiger partial charge >= 0.3 is 6.18 Å². The van der Waals surface area contributed by atoms with Crippen LogP contribution >= 0.6 is 0 Å². The molecule has 1 saturated heterocycles. The van der Waals surface area contributed by atoms with Gasteiger partial charge in [0.15, 0.2) is 6.10 Å². The minimum Gasteiger partial charge on any atom is -0.382 e. The second kappa shape index (κ2) is 5.01. The number of aliphatic hydroxyl groups is 1. The molecule has 1 aliphatic heterocycles. The molecule has 1 rings (SSSR count). The number of hydrogen-bond donors (Lipinski definition) is 2. The number of carbonyl (C=O) groups is 1. The van der Waals surface area contributed by atoms with E-state index in [9.17, 15) is 18.0 Å². The lowest BCUT2D eigenvalue weighted by Crippen LogP contribution is -2.45. The molecule has 0 aromatic rings. The van der Waals surface area contributed by atoms with E-state index >= 15 is 0 Å². The molecule has 1 amide bonds. The van der Waals surface area contributed by atoms with E-state index in [2.05, 4.69) is 0 Å². The Bertz CT molecular complexity index is 250. The average molecular weight is 240 g/mol. The highest BCUT2D eigenvalue weighted by Gasteiger charge is 2.39. The summed E-state index contributed by atoms with van der Waals surface area (Å²) >= 11 is 0. The lowest BCUT2D eigenvalue weighted by atomic mass is 9.96. The van der Waals surface area contributed by atoms with E-state index in [0.717, 1.165) is 0 Å². The van der Waals surface area contributed by atoms with E-state index in [1.807, 2.05) is 0 Å². The number of amides is 1. The van der Waals surface area contributed by atoms with Crippen LogP contribution in [-0.4, -0.2) is 47.8 Å². The molecule has 1 atom stereocenters. The summed E-state index contributed by atoms with van der Waals surface area (Å²) in [4.78, 5) is 12.3. The third-order valence-electron chi connectivity index (χ3n) is 2.80. The lowest BCUT2D eigenvalue weighted by molar-refractivity contribution is -0.208.